The topological polar surface area (TPSA) is 125 Å². The van der Waals surface area contributed by atoms with Gasteiger partial charge in [0, 0.05) is 5.75 Å². The molecule has 2 unspecified atom stereocenters. The number of fused-ring (bicyclic) bond motifs is 2. The normalized spacial score (nSPS) is 27.0. The van der Waals surface area contributed by atoms with Gasteiger partial charge in [-0.2, -0.15) is 0 Å². The van der Waals surface area contributed by atoms with E-state index in [1.165, 1.54) is 47.1 Å². The first kappa shape index (κ1) is 16.8. The van der Waals surface area contributed by atoms with Gasteiger partial charge in [0.15, 0.2) is 6.61 Å². The molecule has 1 aromatic rings. The minimum atomic E-state index is -0.725. The van der Waals surface area contributed by atoms with E-state index in [4.69, 9.17) is 10.5 Å². The summed E-state index contributed by atoms with van der Waals surface area (Å²) in [5.41, 5.74) is 6.77. The molecule has 2 N–H and O–H groups in total. The number of esters is 2. The van der Waals surface area contributed by atoms with Gasteiger partial charge < -0.3 is 15.2 Å². The van der Waals surface area contributed by atoms with Crippen LogP contribution in [0.2, 0.25) is 0 Å². The molecule has 0 aliphatic carbocycles. The van der Waals surface area contributed by atoms with Gasteiger partial charge in [-0.15, -0.1) is 16.9 Å². The molecule has 1 aromatic heterocycles. The number of hydrogen-bond acceptors (Lipinski definition) is 11. The average Bonchev–Trinajstić information content (AvgIpc) is 2.98. The van der Waals surface area contributed by atoms with Gasteiger partial charge in [-0.1, -0.05) is 16.3 Å². The quantitative estimate of drug-likeness (QED) is 0.541. The lowest BCUT2D eigenvalue weighted by Crippen LogP contribution is -2.68. The Morgan fingerprint density at radius 1 is 1.44 bits per heavy atom. The Balaban J connectivity index is 1.66. The van der Waals surface area contributed by atoms with Gasteiger partial charge in [0.25, 0.3) is 0 Å². The Morgan fingerprint density at radius 3 is 2.96 bits per heavy atom. The third-order valence-electron chi connectivity index (χ3n) is 4.05. The summed E-state index contributed by atoms with van der Waals surface area (Å²) in [6, 6.07) is -0.635. The number of ether oxygens (including phenoxy) is 2. The molecule has 3 atom stereocenters. The van der Waals surface area contributed by atoms with Crippen molar-refractivity contribution in [2.75, 3.05) is 19.5 Å². The van der Waals surface area contributed by atoms with Crippen LogP contribution in [0.1, 0.15) is 10.1 Å². The molecule has 1 fully saturated rings. The molecule has 0 saturated carbocycles. The predicted octanol–water partition coefficient (Wildman–Crippen LogP) is -0.102. The minimum Gasteiger partial charge on any atom is -0.466 e. The molecule has 0 aromatic carbocycles. The van der Waals surface area contributed by atoms with E-state index in [9.17, 15) is 14.4 Å². The lowest BCUT2D eigenvalue weighted by Gasteiger charge is -2.49. The Bertz CT molecular complexity index is 809. The zero-order chi connectivity index (χ0) is 17.7. The average molecular weight is 400 g/mol. The summed E-state index contributed by atoms with van der Waals surface area (Å²) in [5.74, 6) is -1.18. The van der Waals surface area contributed by atoms with Crippen LogP contribution in [0.25, 0.3) is 0 Å². The van der Waals surface area contributed by atoms with E-state index in [1.54, 1.807) is 0 Å². The standard InChI is InChI=1S/C13H12N4O5S3/c1-21-5(18)2-22-13(20)7-4(8-9-10(24-8)15-16-25-9)3-23-12-6(14)11(19)17(7)12/h6,8,12H,2-3,14H2,1H3/t6?,8?,12-/m0/s1. The molecule has 4 heterocycles. The van der Waals surface area contributed by atoms with Crippen molar-refractivity contribution in [3.05, 3.63) is 16.1 Å². The smallest absolute Gasteiger partial charge is 0.355 e. The van der Waals surface area contributed by atoms with Gasteiger partial charge in [-0.25, -0.2) is 9.59 Å². The van der Waals surface area contributed by atoms with Crippen molar-refractivity contribution in [1.29, 1.82) is 0 Å². The van der Waals surface area contributed by atoms with Crippen molar-refractivity contribution in [3.63, 3.8) is 0 Å². The largest absolute Gasteiger partial charge is 0.466 e. The molecule has 0 radical (unpaired) electrons. The monoisotopic (exact) mass is 400 g/mol. The van der Waals surface area contributed by atoms with Crippen molar-refractivity contribution in [1.82, 2.24) is 14.5 Å². The van der Waals surface area contributed by atoms with E-state index in [0.717, 1.165) is 15.5 Å². The molecule has 3 aliphatic rings. The summed E-state index contributed by atoms with van der Waals surface area (Å²) in [6.45, 7) is -0.511. The van der Waals surface area contributed by atoms with E-state index in [0.29, 0.717) is 5.75 Å². The van der Waals surface area contributed by atoms with Crippen LogP contribution in [0.15, 0.2) is 16.3 Å². The number of thioether (sulfide) groups is 2. The fourth-order valence-corrected chi connectivity index (χ4v) is 6.25. The molecule has 0 bridgehead atoms. The van der Waals surface area contributed by atoms with E-state index < -0.39 is 24.6 Å². The Morgan fingerprint density at radius 2 is 2.24 bits per heavy atom. The first-order valence-electron chi connectivity index (χ1n) is 7.19. The Labute approximate surface area is 154 Å². The number of β-lactam (4-membered cyclic amide) rings is 1. The molecule has 3 aliphatic heterocycles. The Hall–Kier alpha value is -1.63. The number of aromatic nitrogens is 2. The summed E-state index contributed by atoms with van der Waals surface area (Å²) < 4.78 is 13.4. The number of methoxy groups -OCH3 is 1. The maximum Gasteiger partial charge on any atom is 0.355 e. The molecule has 25 heavy (non-hydrogen) atoms. The van der Waals surface area contributed by atoms with E-state index in [1.807, 2.05) is 0 Å². The number of carbonyl (C=O) groups is 3. The van der Waals surface area contributed by atoms with Gasteiger partial charge >= 0.3 is 11.9 Å². The number of hydrogen-bond donors (Lipinski definition) is 1. The molecule has 132 valence electrons. The van der Waals surface area contributed by atoms with Crippen LogP contribution in [-0.2, 0) is 23.9 Å². The second kappa shape index (κ2) is 6.27. The summed E-state index contributed by atoms with van der Waals surface area (Å²) in [6.07, 6.45) is 0. The molecule has 4 rings (SSSR count). The maximum absolute atomic E-state index is 12.6. The summed E-state index contributed by atoms with van der Waals surface area (Å²) in [7, 11) is 1.20. The lowest BCUT2D eigenvalue weighted by molar-refractivity contribution is -0.158. The molecule has 12 heteroatoms. The summed E-state index contributed by atoms with van der Waals surface area (Å²) in [5, 5.41) is 4.44. The second-order valence-corrected chi connectivity index (χ2v) is 8.39. The first-order chi connectivity index (χ1) is 12.0. The summed E-state index contributed by atoms with van der Waals surface area (Å²) >= 11 is 4.27. The van der Waals surface area contributed by atoms with Crippen molar-refractivity contribution >= 4 is 52.9 Å². The lowest BCUT2D eigenvalue weighted by atomic mass is 10.0. The highest BCUT2D eigenvalue weighted by atomic mass is 32.2. The molecular formula is C13H12N4O5S3. The highest BCUT2D eigenvalue weighted by Gasteiger charge is 2.54. The molecule has 1 amide bonds. The number of amides is 1. The van der Waals surface area contributed by atoms with Gasteiger partial charge in [0.1, 0.15) is 22.1 Å². The molecule has 0 spiro atoms. The van der Waals surface area contributed by atoms with Gasteiger partial charge in [-0.3, -0.25) is 9.69 Å². The van der Waals surface area contributed by atoms with Crippen LogP contribution in [-0.4, -0.2) is 63.2 Å². The molecule has 1 saturated heterocycles. The van der Waals surface area contributed by atoms with Crippen LogP contribution in [0.4, 0.5) is 0 Å². The van der Waals surface area contributed by atoms with E-state index in [-0.39, 0.29) is 22.2 Å². The van der Waals surface area contributed by atoms with E-state index in [2.05, 4.69) is 14.3 Å². The number of rotatable bonds is 4. The van der Waals surface area contributed by atoms with Gasteiger partial charge in [0.05, 0.1) is 17.2 Å². The van der Waals surface area contributed by atoms with Crippen molar-refractivity contribution in [3.8, 4) is 0 Å². The van der Waals surface area contributed by atoms with Crippen LogP contribution in [0.3, 0.4) is 0 Å². The molecule has 9 nitrogen and oxygen atoms in total. The summed E-state index contributed by atoms with van der Waals surface area (Å²) in [4.78, 5) is 38.4. The zero-order valence-electron chi connectivity index (χ0n) is 12.8. The van der Waals surface area contributed by atoms with Crippen LogP contribution in [0.5, 0.6) is 0 Å². The van der Waals surface area contributed by atoms with Crippen LogP contribution < -0.4 is 5.73 Å². The highest BCUT2D eigenvalue weighted by molar-refractivity contribution is 8.02. The number of carbonyl (C=O) groups excluding carboxylic acids is 3. The second-order valence-electron chi connectivity index (χ2n) is 5.40. The van der Waals surface area contributed by atoms with Crippen LogP contribution in [0, 0.1) is 0 Å². The first-order valence-corrected chi connectivity index (χ1v) is 9.89. The zero-order valence-corrected chi connectivity index (χ0v) is 15.3. The van der Waals surface area contributed by atoms with Crippen molar-refractivity contribution in [2.45, 2.75) is 21.7 Å². The number of nitrogens with zero attached hydrogens (tertiary/aromatic N) is 3. The van der Waals surface area contributed by atoms with E-state index >= 15 is 0 Å². The minimum absolute atomic E-state index is 0.0891. The highest BCUT2D eigenvalue weighted by Crippen LogP contribution is 2.57. The van der Waals surface area contributed by atoms with Crippen molar-refractivity contribution < 1.29 is 23.9 Å². The third-order valence-corrected chi connectivity index (χ3v) is 7.72. The predicted molar refractivity (Wildman–Crippen MR) is 89.6 cm³/mol. The fourth-order valence-electron chi connectivity index (χ4n) is 2.75. The maximum atomic E-state index is 12.6. The van der Waals surface area contributed by atoms with Crippen molar-refractivity contribution in [2.24, 2.45) is 5.73 Å². The van der Waals surface area contributed by atoms with Gasteiger partial charge in [-0.05, 0) is 17.1 Å². The SMILES string of the molecule is COC(=O)COC(=O)C1=C(C2Sc3nnsc32)CS[C@H]2C(N)C(=O)N12. The fraction of sp³-hybridized carbons (Fsp3) is 0.462. The molecular weight excluding hydrogens is 388 g/mol. The van der Waals surface area contributed by atoms with Gasteiger partial charge in [0.2, 0.25) is 5.91 Å². The Kier molecular flexibility index (Phi) is 4.22. The van der Waals surface area contributed by atoms with Crippen LogP contribution >= 0.6 is 35.1 Å². The number of nitrogens with two attached hydrogens (primary N) is 1. The third kappa shape index (κ3) is 2.55.